The first-order valence-corrected chi connectivity index (χ1v) is 6.58. The molecule has 1 heterocycles. The normalized spacial score (nSPS) is 26.6. The van der Waals surface area contributed by atoms with Crippen molar-refractivity contribution in [2.75, 3.05) is 11.4 Å². The van der Waals surface area contributed by atoms with Gasteiger partial charge in [0.1, 0.15) is 0 Å². The largest absolute Gasteiger partial charge is 0.312 e. The van der Waals surface area contributed by atoms with Gasteiger partial charge < -0.3 is 4.90 Å². The molecule has 1 aliphatic heterocycles. The second-order valence-corrected chi connectivity index (χ2v) is 5.55. The number of carbonyl (C=O) groups excluding carboxylic acids is 1. The van der Waals surface area contributed by atoms with Crippen molar-refractivity contribution in [2.45, 2.75) is 33.1 Å². The van der Waals surface area contributed by atoms with Gasteiger partial charge in [0, 0.05) is 18.2 Å². The van der Waals surface area contributed by atoms with E-state index < -0.39 is 0 Å². The fourth-order valence-corrected chi connectivity index (χ4v) is 2.82. The van der Waals surface area contributed by atoms with Crippen LogP contribution in [-0.2, 0) is 11.2 Å². The van der Waals surface area contributed by atoms with Crippen LogP contribution in [0, 0.1) is 18.8 Å². The van der Waals surface area contributed by atoms with Crippen LogP contribution in [0.5, 0.6) is 0 Å². The number of rotatable bonds is 1. The van der Waals surface area contributed by atoms with E-state index in [1.807, 2.05) is 4.90 Å². The summed E-state index contributed by atoms with van der Waals surface area (Å²) >= 11 is 0. The van der Waals surface area contributed by atoms with E-state index in [4.69, 9.17) is 0 Å². The zero-order valence-corrected chi connectivity index (χ0v) is 10.6. The van der Waals surface area contributed by atoms with E-state index in [2.05, 4.69) is 32.0 Å². The van der Waals surface area contributed by atoms with Crippen LogP contribution in [0.15, 0.2) is 18.2 Å². The molecule has 2 atom stereocenters. The molecule has 0 aromatic heterocycles. The number of nitrogens with zero attached hydrogens (tertiary/aromatic N) is 1. The van der Waals surface area contributed by atoms with Crippen molar-refractivity contribution in [1.82, 2.24) is 0 Å². The molecule has 1 aromatic rings. The second kappa shape index (κ2) is 3.86. The first-order valence-electron chi connectivity index (χ1n) is 6.58. The molecule has 3 rings (SSSR count). The molecular formula is C15H19NO. The van der Waals surface area contributed by atoms with Gasteiger partial charge in [0.15, 0.2) is 0 Å². The molecule has 90 valence electrons. The summed E-state index contributed by atoms with van der Waals surface area (Å²) < 4.78 is 0. The average molecular weight is 229 g/mol. The number of anilines is 1. The Morgan fingerprint density at radius 1 is 1.41 bits per heavy atom. The Labute approximate surface area is 103 Å². The van der Waals surface area contributed by atoms with Crippen molar-refractivity contribution in [3.63, 3.8) is 0 Å². The molecule has 1 fully saturated rings. The Bertz CT molecular complexity index is 466. The topological polar surface area (TPSA) is 20.3 Å². The maximum absolute atomic E-state index is 12.3. The second-order valence-electron chi connectivity index (χ2n) is 5.55. The Morgan fingerprint density at radius 2 is 2.18 bits per heavy atom. The van der Waals surface area contributed by atoms with E-state index in [0.717, 1.165) is 31.5 Å². The van der Waals surface area contributed by atoms with Crippen LogP contribution in [0.25, 0.3) is 0 Å². The smallest absolute Gasteiger partial charge is 0.230 e. The zero-order chi connectivity index (χ0) is 12.0. The summed E-state index contributed by atoms with van der Waals surface area (Å²) in [6, 6.07) is 6.46. The van der Waals surface area contributed by atoms with Crippen molar-refractivity contribution in [1.29, 1.82) is 0 Å². The monoisotopic (exact) mass is 229 g/mol. The van der Waals surface area contributed by atoms with Crippen molar-refractivity contribution >= 4 is 11.6 Å². The van der Waals surface area contributed by atoms with Gasteiger partial charge >= 0.3 is 0 Å². The molecule has 0 spiro atoms. The molecule has 0 radical (unpaired) electrons. The third kappa shape index (κ3) is 1.86. The molecule has 1 aliphatic carbocycles. The predicted molar refractivity (Wildman–Crippen MR) is 69.1 cm³/mol. The summed E-state index contributed by atoms with van der Waals surface area (Å²) in [6.45, 7) is 5.19. The molecule has 2 unspecified atom stereocenters. The van der Waals surface area contributed by atoms with E-state index in [1.54, 1.807) is 0 Å². The molecule has 1 saturated carbocycles. The van der Waals surface area contributed by atoms with Crippen LogP contribution in [0.2, 0.25) is 0 Å². The lowest BCUT2D eigenvalue weighted by atomic mass is 9.99. The van der Waals surface area contributed by atoms with Crippen molar-refractivity contribution in [3.05, 3.63) is 29.3 Å². The summed E-state index contributed by atoms with van der Waals surface area (Å²) in [4.78, 5) is 14.4. The van der Waals surface area contributed by atoms with Gasteiger partial charge in [-0.25, -0.2) is 0 Å². The molecule has 2 nitrogen and oxygen atoms in total. The Balaban J connectivity index is 1.91. The highest BCUT2D eigenvalue weighted by Gasteiger charge is 2.42. The van der Waals surface area contributed by atoms with Gasteiger partial charge in [-0.15, -0.1) is 0 Å². The van der Waals surface area contributed by atoms with E-state index >= 15 is 0 Å². The molecule has 2 aliphatic rings. The van der Waals surface area contributed by atoms with Gasteiger partial charge in [-0.3, -0.25) is 4.79 Å². The summed E-state index contributed by atoms with van der Waals surface area (Å²) in [5, 5.41) is 0. The molecule has 17 heavy (non-hydrogen) atoms. The van der Waals surface area contributed by atoms with E-state index in [-0.39, 0.29) is 0 Å². The quantitative estimate of drug-likeness (QED) is 0.725. The van der Waals surface area contributed by atoms with E-state index in [0.29, 0.717) is 17.7 Å². The van der Waals surface area contributed by atoms with Gasteiger partial charge in [-0.1, -0.05) is 24.6 Å². The van der Waals surface area contributed by atoms with Gasteiger partial charge in [0.2, 0.25) is 5.91 Å². The molecule has 2 heteroatoms. The number of fused-ring (bicyclic) bond motifs is 1. The highest BCUT2D eigenvalue weighted by molar-refractivity contribution is 5.97. The minimum atomic E-state index is 0.294. The number of carbonyl (C=O) groups is 1. The maximum Gasteiger partial charge on any atom is 0.230 e. The van der Waals surface area contributed by atoms with Gasteiger partial charge in [-0.05, 0) is 43.7 Å². The SMILES string of the molecule is Cc1ccc2c(c1)CCCN2C(=O)C1CC1C. The van der Waals surface area contributed by atoms with Crippen LogP contribution in [0.3, 0.4) is 0 Å². The molecule has 0 saturated heterocycles. The van der Waals surface area contributed by atoms with E-state index in [9.17, 15) is 4.79 Å². The third-order valence-electron chi connectivity index (χ3n) is 4.05. The number of amides is 1. The molecule has 1 amide bonds. The van der Waals surface area contributed by atoms with Crippen LogP contribution >= 0.6 is 0 Å². The third-order valence-corrected chi connectivity index (χ3v) is 4.05. The number of aryl methyl sites for hydroxylation is 2. The lowest BCUT2D eigenvalue weighted by Crippen LogP contribution is -2.36. The maximum atomic E-state index is 12.3. The minimum absolute atomic E-state index is 0.294. The average Bonchev–Trinajstić information content (AvgIpc) is 3.04. The summed E-state index contributed by atoms with van der Waals surface area (Å²) in [6.07, 6.45) is 3.29. The fraction of sp³-hybridized carbons (Fsp3) is 0.533. The highest BCUT2D eigenvalue weighted by Crippen LogP contribution is 2.41. The lowest BCUT2D eigenvalue weighted by molar-refractivity contribution is -0.120. The predicted octanol–water partition coefficient (Wildman–Crippen LogP) is 2.93. The fourth-order valence-electron chi connectivity index (χ4n) is 2.82. The minimum Gasteiger partial charge on any atom is -0.312 e. The first-order chi connectivity index (χ1) is 8.16. The van der Waals surface area contributed by atoms with Crippen molar-refractivity contribution in [3.8, 4) is 0 Å². The number of benzene rings is 1. The van der Waals surface area contributed by atoms with Gasteiger partial charge in [0.05, 0.1) is 0 Å². The van der Waals surface area contributed by atoms with E-state index in [1.165, 1.54) is 11.1 Å². The van der Waals surface area contributed by atoms with Crippen molar-refractivity contribution in [2.24, 2.45) is 11.8 Å². The van der Waals surface area contributed by atoms with Crippen molar-refractivity contribution < 1.29 is 4.79 Å². The summed E-state index contributed by atoms with van der Waals surface area (Å²) in [5.74, 6) is 1.24. The Kier molecular flexibility index (Phi) is 2.46. The Hall–Kier alpha value is -1.31. The van der Waals surface area contributed by atoms with Gasteiger partial charge in [-0.2, -0.15) is 0 Å². The molecule has 1 aromatic carbocycles. The lowest BCUT2D eigenvalue weighted by Gasteiger charge is -2.30. The summed E-state index contributed by atoms with van der Waals surface area (Å²) in [5.41, 5.74) is 3.79. The van der Waals surface area contributed by atoms with Crippen LogP contribution < -0.4 is 4.90 Å². The van der Waals surface area contributed by atoms with Crippen LogP contribution in [-0.4, -0.2) is 12.5 Å². The molecule has 0 N–H and O–H groups in total. The molecular weight excluding hydrogens is 210 g/mol. The highest BCUT2D eigenvalue weighted by atomic mass is 16.2. The van der Waals surface area contributed by atoms with Crippen LogP contribution in [0.4, 0.5) is 5.69 Å². The summed E-state index contributed by atoms with van der Waals surface area (Å²) in [7, 11) is 0. The zero-order valence-electron chi connectivity index (χ0n) is 10.6. The van der Waals surface area contributed by atoms with Crippen LogP contribution in [0.1, 0.15) is 30.9 Å². The first kappa shape index (κ1) is 10.8. The number of hydrogen-bond donors (Lipinski definition) is 0. The van der Waals surface area contributed by atoms with Gasteiger partial charge in [0.25, 0.3) is 0 Å². The molecule has 0 bridgehead atoms. The number of hydrogen-bond acceptors (Lipinski definition) is 1. The standard InChI is InChI=1S/C15H19NO/c1-10-5-6-14-12(8-10)4-3-7-16(14)15(17)13-9-11(13)2/h5-6,8,11,13H,3-4,7,9H2,1-2H3. The Morgan fingerprint density at radius 3 is 2.88 bits per heavy atom.